The van der Waals surface area contributed by atoms with Gasteiger partial charge in [-0.25, -0.2) is 19.2 Å². The van der Waals surface area contributed by atoms with Crippen LogP contribution in [0.4, 0.5) is 0 Å². The molecule has 4 N–H and O–H groups in total. The molecule has 38 heavy (non-hydrogen) atoms. The molecule has 188 valence electrons. The van der Waals surface area contributed by atoms with E-state index in [1.807, 2.05) is 0 Å². The van der Waals surface area contributed by atoms with Crippen LogP contribution in [0.15, 0.2) is 73.2 Å². The van der Waals surface area contributed by atoms with Crippen LogP contribution in [0.5, 0.6) is 0 Å². The van der Waals surface area contributed by atoms with E-state index < -0.39 is 29.4 Å². The van der Waals surface area contributed by atoms with Gasteiger partial charge in [0.1, 0.15) is 0 Å². The first-order valence-corrected chi connectivity index (χ1v) is 11.0. The van der Waals surface area contributed by atoms with Crippen molar-refractivity contribution in [3.63, 3.8) is 0 Å². The highest BCUT2D eigenvalue weighted by Crippen LogP contribution is 2.17. The normalized spacial score (nSPS) is 11.8. The largest absolute Gasteiger partial charge is 0.478 e. The standard InChI is InChI=1S/C28H18N2O8/c31-25(32)19-3-1-15(12-22(19)27(35)36)11-21-18(17-5-8-29-9-6-17)7-10-30-24(21)14-16-2-4-20(26(33)34)23(13-16)28(37)38/h1-14H,(H,31,32)(H,33,34)(H,35,36)(H,37,38). The lowest BCUT2D eigenvalue weighted by Crippen LogP contribution is -2.30. The zero-order chi connectivity index (χ0) is 27.4. The molecular weight excluding hydrogens is 492 g/mol. The highest BCUT2D eigenvalue weighted by atomic mass is 16.4. The van der Waals surface area contributed by atoms with Crippen molar-refractivity contribution in [3.05, 3.63) is 117 Å². The fourth-order valence-electron chi connectivity index (χ4n) is 3.89. The highest BCUT2D eigenvalue weighted by molar-refractivity contribution is 6.03. The summed E-state index contributed by atoms with van der Waals surface area (Å²) in [5.74, 6) is -5.55. The molecule has 10 nitrogen and oxygen atoms in total. The fraction of sp³-hybridized carbons (Fsp3) is 0. The van der Waals surface area contributed by atoms with E-state index in [1.54, 1.807) is 48.9 Å². The third-order valence-electron chi connectivity index (χ3n) is 5.64. The van der Waals surface area contributed by atoms with Crippen LogP contribution in [0, 0.1) is 0 Å². The number of carboxylic acid groups (broad SMARTS) is 4. The number of hydrogen-bond acceptors (Lipinski definition) is 6. The molecule has 0 aliphatic carbocycles. The first-order valence-electron chi connectivity index (χ1n) is 11.0. The summed E-state index contributed by atoms with van der Waals surface area (Å²) in [5.41, 5.74) is 0.705. The van der Waals surface area contributed by atoms with Crippen molar-refractivity contribution >= 4 is 36.0 Å². The lowest BCUT2D eigenvalue weighted by molar-refractivity contribution is 0.0651. The molecule has 0 fully saturated rings. The van der Waals surface area contributed by atoms with E-state index in [2.05, 4.69) is 9.97 Å². The van der Waals surface area contributed by atoms with Crippen molar-refractivity contribution < 1.29 is 39.6 Å². The molecule has 0 radical (unpaired) electrons. The van der Waals surface area contributed by atoms with Crippen LogP contribution in [0.3, 0.4) is 0 Å². The molecule has 0 saturated heterocycles. The van der Waals surface area contributed by atoms with Gasteiger partial charge in [0.05, 0.1) is 27.6 Å². The van der Waals surface area contributed by atoms with Crippen molar-refractivity contribution in [2.75, 3.05) is 0 Å². The zero-order valence-electron chi connectivity index (χ0n) is 19.4. The number of carboxylic acids is 4. The summed E-state index contributed by atoms with van der Waals surface area (Å²) >= 11 is 0. The van der Waals surface area contributed by atoms with Crippen LogP contribution < -0.4 is 10.6 Å². The minimum Gasteiger partial charge on any atom is -0.478 e. The highest BCUT2D eigenvalue weighted by Gasteiger charge is 2.17. The first kappa shape index (κ1) is 25.5. The van der Waals surface area contributed by atoms with Gasteiger partial charge < -0.3 is 20.4 Å². The Morgan fingerprint density at radius 1 is 0.579 bits per heavy atom. The number of nitrogens with zero attached hydrogens (tertiary/aromatic N) is 2. The Bertz CT molecular complexity index is 1730. The predicted molar refractivity (Wildman–Crippen MR) is 135 cm³/mol. The Morgan fingerprint density at radius 3 is 1.58 bits per heavy atom. The van der Waals surface area contributed by atoms with Gasteiger partial charge in [-0.1, -0.05) is 12.1 Å². The fourth-order valence-corrected chi connectivity index (χ4v) is 3.89. The van der Waals surface area contributed by atoms with Crippen molar-refractivity contribution in [2.45, 2.75) is 0 Å². The number of benzene rings is 2. The molecule has 0 spiro atoms. The van der Waals surface area contributed by atoms with Crippen LogP contribution in [-0.4, -0.2) is 54.3 Å². The summed E-state index contributed by atoms with van der Waals surface area (Å²) < 4.78 is 0. The average Bonchev–Trinajstić information content (AvgIpc) is 2.89. The van der Waals surface area contributed by atoms with Gasteiger partial charge >= 0.3 is 23.9 Å². The molecule has 4 rings (SSSR count). The maximum Gasteiger partial charge on any atom is 0.336 e. The number of pyridine rings is 2. The van der Waals surface area contributed by atoms with Gasteiger partial charge in [0.2, 0.25) is 0 Å². The van der Waals surface area contributed by atoms with Crippen molar-refractivity contribution in [3.8, 4) is 11.1 Å². The van der Waals surface area contributed by atoms with Gasteiger partial charge in [0.15, 0.2) is 0 Å². The Balaban J connectivity index is 2.02. The summed E-state index contributed by atoms with van der Waals surface area (Å²) in [6.45, 7) is 0. The molecule has 0 unspecified atom stereocenters. The minimum absolute atomic E-state index is 0.360. The lowest BCUT2D eigenvalue weighted by atomic mass is 9.99. The maximum atomic E-state index is 11.7. The Hall–Kier alpha value is -5.64. The lowest BCUT2D eigenvalue weighted by Gasteiger charge is -2.07. The van der Waals surface area contributed by atoms with E-state index >= 15 is 0 Å². The summed E-state index contributed by atoms with van der Waals surface area (Å²) in [4.78, 5) is 54.7. The average molecular weight is 510 g/mol. The minimum atomic E-state index is -1.40. The second-order valence-corrected chi connectivity index (χ2v) is 8.01. The van der Waals surface area contributed by atoms with Crippen LogP contribution in [0.2, 0.25) is 0 Å². The zero-order valence-corrected chi connectivity index (χ0v) is 19.4. The van der Waals surface area contributed by atoms with E-state index in [0.717, 1.165) is 5.56 Å². The molecule has 0 aliphatic rings. The second kappa shape index (κ2) is 10.5. The molecule has 2 aromatic carbocycles. The van der Waals surface area contributed by atoms with Gasteiger partial charge in [-0.3, -0.25) is 9.97 Å². The van der Waals surface area contributed by atoms with E-state index in [-0.39, 0.29) is 16.7 Å². The van der Waals surface area contributed by atoms with Crippen LogP contribution in [-0.2, 0) is 0 Å². The smallest absolute Gasteiger partial charge is 0.336 e. The van der Waals surface area contributed by atoms with Crippen LogP contribution >= 0.6 is 0 Å². The first-order chi connectivity index (χ1) is 18.2. The van der Waals surface area contributed by atoms with Gasteiger partial charge in [-0.05, 0) is 76.9 Å². The second-order valence-electron chi connectivity index (χ2n) is 8.01. The molecule has 0 amide bonds. The summed E-state index contributed by atoms with van der Waals surface area (Å²) in [7, 11) is 0. The van der Waals surface area contributed by atoms with Crippen LogP contribution in [0.1, 0.15) is 52.6 Å². The molecule has 2 heterocycles. The van der Waals surface area contributed by atoms with Gasteiger partial charge in [-0.2, -0.15) is 0 Å². The SMILES string of the molecule is O=C(O)c1ccc(C=c2nccc(-c3ccncc3)c2=Cc2ccc(C(=O)O)c(C(=O)O)c2)cc1C(=O)O. The molecule has 2 aromatic heterocycles. The molecule has 0 saturated carbocycles. The number of hydrogen-bond donors (Lipinski definition) is 4. The van der Waals surface area contributed by atoms with Crippen molar-refractivity contribution in [1.82, 2.24) is 9.97 Å². The summed E-state index contributed by atoms with van der Waals surface area (Å²) in [5, 5.41) is 38.6. The van der Waals surface area contributed by atoms with E-state index in [4.69, 9.17) is 0 Å². The Morgan fingerprint density at radius 2 is 1.08 bits per heavy atom. The van der Waals surface area contributed by atoms with E-state index in [0.29, 0.717) is 27.3 Å². The van der Waals surface area contributed by atoms with Crippen molar-refractivity contribution in [2.24, 2.45) is 0 Å². The Labute approximate surface area is 214 Å². The van der Waals surface area contributed by atoms with Crippen LogP contribution in [0.25, 0.3) is 23.3 Å². The number of aromatic nitrogens is 2. The van der Waals surface area contributed by atoms with Crippen molar-refractivity contribution in [1.29, 1.82) is 0 Å². The van der Waals surface area contributed by atoms with Gasteiger partial charge in [0, 0.05) is 23.8 Å². The molecular formula is C28H18N2O8. The summed E-state index contributed by atoms with van der Waals surface area (Å²) in [6.07, 6.45) is 7.93. The van der Waals surface area contributed by atoms with E-state index in [1.165, 1.54) is 36.4 Å². The summed E-state index contributed by atoms with van der Waals surface area (Å²) in [6, 6.07) is 13.0. The quantitative estimate of drug-likeness (QED) is 0.289. The molecule has 0 bridgehead atoms. The maximum absolute atomic E-state index is 11.7. The topological polar surface area (TPSA) is 175 Å². The van der Waals surface area contributed by atoms with Gasteiger partial charge in [0.25, 0.3) is 0 Å². The molecule has 0 atom stereocenters. The number of aromatic carboxylic acids is 4. The monoisotopic (exact) mass is 510 g/mol. The molecule has 0 aliphatic heterocycles. The third-order valence-corrected chi connectivity index (χ3v) is 5.64. The molecule has 10 heteroatoms. The number of rotatable bonds is 7. The molecule has 4 aromatic rings. The third kappa shape index (κ3) is 5.29. The Kier molecular flexibility index (Phi) is 7.06. The van der Waals surface area contributed by atoms with E-state index in [9.17, 15) is 39.6 Å². The number of carbonyl (C=O) groups is 4. The van der Waals surface area contributed by atoms with Gasteiger partial charge in [-0.15, -0.1) is 0 Å². The predicted octanol–water partition coefficient (Wildman–Crippen LogP) is 2.59.